The summed E-state index contributed by atoms with van der Waals surface area (Å²) in [6, 6.07) is 7.74. The van der Waals surface area contributed by atoms with Gasteiger partial charge in [0.15, 0.2) is 0 Å². The number of anilines is 1. The standard InChI is InChI=1S/C16H22BrClN2/c1-12-10-19-7-3-2-4-15(19)11-20(12)16-8-14(17)6-5-13(16)9-18/h5-6,8,12,15H,2-4,7,9-11H2,1H3. The molecular formula is C16H22BrClN2. The van der Waals surface area contributed by atoms with Crippen molar-refractivity contribution in [2.45, 2.75) is 44.1 Å². The summed E-state index contributed by atoms with van der Waals surface area (Å²) in [5.74, 6) is 0.584. The van der Waals surface area contributed by atoms with Gasteiger partial charge in [-0.15, -0.1) is 11.6 Å². The van der Waals surface area contributed by atoms with Gasteiger partial charge in [-0.3, -0.25) is 4.90 Å². The van der Waals surface area contributed by atoms with Gasteiger partial charge in [0.25, 0.3) is 0 Å². The maximum atomic E-state index is 6.14. The predicted molar refractivity (Wildman–Crippen MR) is 89.7 cm³/mol. The average molecular weight is 358 g/mol. The Balaban J connectivity index is 1.87. The van der Waals surface area contributed by atoms with E-state index < -0.39 is 0 Å². The van der Waals surface area contributed by atoms with Crippen molar-refractivity contribution in [2.24, 2.45) is 0 Å². The molecule has 0 N–H and O–H groups in total. The van der Waals surface area contributed by atoms with Gasteiger partial charge in [0.05, 0.1) is 0 Å². The molecule has 2 unspecified atom stereocenters. The third-order valence-electron chi connectivity index (χ3n) is 4.69. The maximum absolute atomic E-state index is 6.14. The van der Waals surface area contributed by atoms with Gasteiger partial charge in [-0.25, -0.2) is 0 Å². The van der Waals surface area contributed by atoms with E-state index in [1.54, 1.807) is 0 Å². The number of benzene rings is 1. The molecule has 2 saturated heterocycles. The Bertz CT molecular complexity index is 480. The Labute approximate surface area is 135 Å². The molecule has 2 atom stereocenters. The van der Waals surface area contributed by atoms with Gasteiger partial charge < -0.3 is 4.90 Å². The van der Waals surface area contributed by atoms with Gasteiger partial charge in [0.2, 0.25) is 0 Å². The molecule has 2 aliphatic heterocycles. The Kier molecular flexibility index (Phi) is 4.58. The molecule has 0 aromatic heterocycles. The number of piperidine rings is 1. The van der Waals surface area contributed by atoms with Crippen molar-refractivity contribution in [3.63, 3.8) is 0 Å². The predicted octanol–water partition coefficient (Wildman–Crippen LogP) is 4.25. The molecule has 0 amide bonds. The summed E-state index contributed by atoms with van der Waals surface area (Å²) < 4.78 is 1.14. The lowest BCUT2D eigenvalue weighted by Gasteiger charge is -2.49. The Morgan fingerprint density at radius 3 is 2.95 bits per heavy atom. The van der Waals surface area contributed by atoms with E-state index in [4.69, 9.17) is 11.6 Å². The molecule has 4 heteroatoms. The third kappa shape index (κ3) is 2.86. The summed E-state index contributed by atoms with van der Waals surface area (Å²) >= 11 is 9.74. The summed E-state index contributed by atoms with van der Waals surface area (Å²) in [6.07, 6.45) is 4.09. The molecule has 110 valence electrons. The molecule has 0 spiro atoms. The van der Waals surface area contributed by atoms with Crippen LogP contribution in [0.15, 0.2) is 22.7 Å². The van der Waals surface area contributed by atoms with Crippen LogP contribution in [0.3, 0.4) is 0 Å². The number of piperazine rings is 1. The van der Waals surface area contributed by atoms with Gasteiger partial charge in [-0.05, 0) is 44.0 Å². The SMILES string of the molecule is CC1CN2CCCCC2CN1c1cc(Br)ccc1CCl. The highest BCUT2D eigenvalue weighted by atomic mass is 79.9. The van der Waals surface area contributed by atoms with E-state index in [0.29, 0.717) is 11.9 Å². The lowest BCUT2D eigenvalue weighted by atomic mass is 9.96. The van der Waals surface area contributed by atoms with Crippen LogP contribution >= 0.6 is 27.5 Å². The normalized spacial score (nSPS) is 27.4. The summed E-state index contributed by atoms with van der Waals surface area (Å²) in [5, 5.41) is 0. The first-order valence-electron chi connectivity index (χ1n) is 7.54. The van der Waals surface area contributed by atoms with Crippen molar-refractivity contribution < 1.29 is 0 Å². The molecule has 2 nitrogen and oxygen atoms in total. The van der Waals surface area contributed by atoms with Crippen LogP contribution in [0.1, 0.15) is 31.7 Å². The minimum atomic E-state index is 0.556. The first-order chi connectivity index (χ1) is 9.69. The Hall–Kier alpha value is -0.250. The van der Waals surface area contributed by atoms with Crippen LogP contribution in [-0.4, -0.2) is 36.6 Å². The zero-order valence-electron chi connectivity index (χ0n) is 12.0. The molecular weight excluding hydrogens is 336 g/mol. The van der Waals surface area contributed by atoms with E-state index in [0.717, 1.165) is 17.1 Å². The van der Waals surface area contributed by atoms with Crippen LogP contribution in [0.25, 0.3) is 0 Å². The molecule has 0 aliphatic carbocycles. The van der Waals surface area contributed by atoms with E-state index in [1.165, 1.54) is 43.6 Å². The third-order valence-corrected chi connectivity index (χ3v) is 5.47. The molecule has 2 fully saturated rings. The molecule has 1 aromatic rings. The summed E-state index contributed by atoms with van der Waals surface area (Å²) in [5.41, 5.74) is 2.55. The van der Waals surface area contributed by atoms with E-state index in [2.05, 4.69) is 50.9 Å². The lowest BCUT2D eigenvalue weighted by molar-refractivity contribution is 0.115. The highest BCUT2D eigenvalue weighted by molar-refractivity contribution is 9.10. The van der Waals surface area contributed by atoms with Gasteiger partial charge in [-0.2, -0.15) is 0 Å². The number of nitrogens with zero attached hydrogens (tertiary/aromatic N) is 2. The second-order valence-corrected chi connectivity index (χ2v) is 7.24. The first-order valence-corrected chi connectivity index (χ1v) is 8.87. The molecule has 1 aromatic carbocycles. The number of fused-ring (bicyclic) bond motifs is 1. The van der Waals surface area contributed by atoms with E-state index in [1.807, 2.05) is 0 Å². The fraction of sp³-hybridized carbons (Fsp3) is 0.625. The number of halogens is 2. The number of hydrogen-bond donors (Lipinski definition) is 0. The van der Waals surface area contributed by atoms with Crippen LogP contribution < -0.4 is 4.90 Å². The quantitative estimate of drug-likeness (QED) is 0.730. The fourth-order valence-electron chi connectivity index (χ4n) is 3.61. The summed E-state index contributed by atoms with van der Waals surface area (Å²) in [7, 11) is 0. The van der Waals surface area contributed by atoms with Crippen LogP contribution in [0, 0.1) is 0 Å². The van der Waals surface area contributed by atoms with E-state index in [9.17, 15) is 0 Å². The Morgan fingerprint density at radius 2 is 2.15 bits per heavy atom. The summed E-state index contributed by atoms with van der Waals surface area (Å²) in [6.45, 7) is 5.94. The van der Waals surface area contributed by atoms with Crippen molar-refractivity contribution in [1.82, 2.24) is 4.90 Å². The smallest absolute Gasteiger partial charge is 0.0494 e. The molecule has 0 saturated carbocycles. The maximum Gasteiger partial charge on any atom is 0.0494 e. The second-order valence-electron chi connectivity index (χ2n) is 6.05. The number of alkyl halides is 1. The number of rotatable bonds is 2. The van der Waals surface area contributed by atoms with Gasteiger partial charge >= 0.3 is 0 Å². The minimum absolute atomic E-state index is 0.556. The van der Waals surface area contributed by atoms with Crippen LogP contribution in [-0.2, 0) is 5.88 Å². The zero-order chi connectivity index (χ0) is 14.1. The van der Waals surface area contributed by atoms with E-state index in [-0.39, 0.29) is 0 Å². The molecule has 20 heavy (non-hydrogen) atoms. The van der Waals surface area contributed by atoms with Crippen molar-refractivity contribution in [2.75, 3.05) is 24.5 Å². The zero-order valence-corrected chi connectivity index (χ0v) is 14.3. The average Bonchev–Trinajstić information content (AvgIpc) is 2.46. The molecule has 0 radical (unpaired) electrons. The largest absolute Gasteiger partial charge is 0.366 e. The van der Waals surface area contributed by atoms with Crippen molar-refractivity contribution in [3.05, 3.63) is 28.2 Å². The highest BCUT2D eigenvalue weighted by Crippen LogP contribution is 2.32. The highest BCUT2D eigenvalue weighted by Gasteiger charge is 2.33. The van der Waals surface area contributed by atoms with Crippen LogP contribution in [0.4, 0.5) is 5.69 Å². The Morgan fingerprint density at radius 1 is 1.30 bits per heavy atom. The van der Waals surface area contributed by atoms with Gasteiger partial charge in [0.1, 0.15) is 0 Å². The van der Waals surface area contributed by atoms with Gasteiger partial charge in [-0.1, -0.05) is 28.4 Å². The molecule has 0 bridgehead atoms. The van der Waals surface area contributed by atoms with Crippen molar-refractivity contribution in [3.8, 4) is 0 Å². The lowest BCUT2D eigenvalue weighted by Crippen LogP contribution is -2.59. The van der Waals surface area contributed by atoms with Crippen LogP contribution in [0.2, 0.25) is 0 Å². The molecule has 2 aliphatic rings. The fourth-order valence-corrected chi connectivity index (χ4v) is 4.18. The van der Waals surface area contributed by atoms with Crippen LogP contribution in [0.5, 0.6) is 0 Å². The summed E-state index contributed by atoms with van der Waals surface area (Å²) in [4.78, 5) is 5.25. The topological polar surface area (TPSA) is 6.48 Å². The van der Waals surface area contributed by atoms with Gasteiger partial charge in [0, 0.05) is 41.2 Å². The van der Waals surface area contributed by atoms with E-state index >= 15 is 0 Å². The van der Waals surface area contributed by atoms with Crippen molar-refractivity contribution in [1.29, 1.82) is 0 Å². The number of hydrogen-bond acceptors (Lipinski definition) is 2. The second kappa shape index (κ2) is 6.25. The minimum Gasteiger partial charge on any atom is -0.366 e. The molecule has 3 rings (SSSR count). The monoisotopic (exact) mass is 356 g/mol. The first kappa shape index (κ1) is 14.7. The van der Waals surface area contributed by atoms with Crippen molar-refractivity contribution >= 4 is 33.2 Å². The molecule has 2 heterocycles.